The van der Waals surface area contributed by atoms with Crippen LogP contribution in [0.5, 0.6) is 0 Å². The van der Waals surface area contributed by atoms with Gasteiger partial charge in [0.1, 0.15) is 5.54 Å². The Balaban J connectivity index is 1.32. The highest BCUT2D eigenvalue weighted by molar-refractivity contribution is 6.99. The van der Waals surface area contributed by atoms with Gasteiger partial charge in [0.05, 0.1) is 12.0 Å². The van der Waals surface area contributed by atoms with Crippen LogP contribution in [0.15, 0.2) is 164 Å². The van der Waals surface area contributed by atoms with Gasteiger partial charge in [-0.05, 0) is 44.9 Å². The highest BCUT2D eigenvalue weighted by Gasteiger charge is 2.50. The van der Waals surface area contributed by atoms with Crippen LogP contribution < -0.4 is 10.4 Å². The monoisotopic (exact) mass is 606 g/mol. The van der Waals surface area contributed by atoms with Gasteiger partial charge in [0.25, 0.3) is 8.32 Å². The lowest BCUT2D eigenvalue weighted by Gasteiger charge is -2.43. The topological polar surface area (TPSA) is 27.1 Å². The number of nitrogens with zero attached hydrogens (tertiary/aromatic N) is 2. The Morgan fingerprint density at radius 3 is 1.38 bits per heavy atom. The van der Waals surface area contributed by atoms with Crippen LogP contribution >= 0.6 is 0 Å². The zero-order valence-electron chi connectivity index (χ0n) is 26.5. The molecule has 0 fully saturated rings. The van der Waals surface area contributed by atoms with Gasteiger partial charge in [0.15, 0.2) is 0 Å². The van der Waals surface area contributed by atoms with Crippen LogP contribution in [0.3, 0.4) is 0 Å². The molecule has 0 aliphatic rings. The zero-order chi connectivity index (χ0) is 31.2. The Bertz CT molecular complexity index is 1630. The predicted molar refractivity (Wildman–Crippen MR) is 189 cm³/mol. The highest BCUT2D eigenvalue weighted by atomic mass is 28.4. The number of benzene rings is 5. The fraction of sp³-hybridized carbons (Fsp3) is 0.195. The molecule has 226 valence electrons. The first kappa shape index (κ1) is 30.5. The summed E-state index contributed by atoms with van der Waals surface area (Å²) < 4.78 is 9.47. The van der Waals surface area contributed by atoms with Gasteiger partial charge in [-0.1, -0.05) is 172 Å². The van der Waals surface area contributed by atoms with E-state index in [2.05, 4.69) is 183 Å². The third kappa shape index (κ3) is 5.84. The Hall–Kier alpha value is -4.51. The van der Waals surface area contributed by atoms with E-state index in [0.29, 0.717) is 6.61 Å². The Kier molecular flexibility index (Phi) is 8.97. The molecule has 0 spiro atoms. The third-order valence-corrected chi connectivity index (χ3v) is 14.0. The molecular weight excluding hydrogens is 565 g/mol. The number of hydrogen-bond acceptors (Lipinski definition) is 2. The van der Waals surface area contributed by atoms with Crippen molar-refractivity contribution in [3.8, 4) is 0 Å². The Morgan fingerprint density at radius 1 is 0.578 bits per heavy atom. The summed E-state index contributed by atoms with van der Waals surface area (Å²) >= 11 is 0. The fourth-order valence-corrected chi connectivity index (χ4v) is 11.5. The summed E-state index contributed by atoms with van der Waals surface area (Å²) in [5, 5.41) is 2.58. The van der Waals surface area contributed by atoms with Gasteiger partial charge in [0.2, 0.25) is 0 Å². The van der Waals surface area contributed by atoms with Gasteiger partial charge in [0, 0.05) is 12.8 Å². The van der Waals surface area contributed by atoms with E-state index in [0.717, 1.165) is 18.5 Å². The second-order valence-electron chi connectivity index (χ2n) is 12.7. The van der Waals surface area contributed by atoms with E-state index in [9.17, 15) is 0 Å². The molecule has 5 aromatic carbocycles. The largest absolute Gasteiger partial charge is 0.407 e. The van der Waals surface area contributed by atoms with E-state index < -0.39 is 13.9 Å². The van der Waals surface area contributed by atoms with Crippen molar-refractivity contribution < 1.29 is 4.43 Å². The molecule has 45 heavy (non-hydrogen) atoms. The van der Waals surface area contributed by atoms with Gasteiger partial charge in [-0.2, -0.15) is 0 Å². The normalized spacial score (nSPS) is 12.2. The van der Waals surface area contributed by atoms with Crippen molar-refractivity contribution in [1.29, 1.82) is 0 Å². The van der Waals surface area contributed by atoms with E-state index in [1.165, 1.54) is 27.1 Å². The number of aromatic nitrogens is 2. The molecule has 1 aromatic heterocycles. The Labute approximate surface area is 269 Å². The minimum Gasteiger partial charge on any atom is -0.407 e. The van der Waals surface area contributed by atoms with Crippen molar-refractivity contribution in [2.24, 2.45) is 0 Å². The van der Waals surface area contributed by atoms with E-state index in [-0.39, 0.29) is 5.04 Å². The van der Waals surface area contributed by atoms with Gasteiger partial charge in [-0.3, -0.25) is 0 Å². The minimum atomic E-state index is -2.57. The summed E-state index contributed by atoms with van der Waals surface area (Å²) in [6.45, 7) is 7.66. The molecule has 4 heteroatoms. The molecule has 0 radical (unpaired) electrons. The van der Waals surface area contributed by atoms with Gasteiger partial charge in [-0.15, -0.1) is 0 Å². The highest BCUT2D eigenvalue weighted by Crippen LogP contribution is 2.41. The second kappa shape index (κ2) is 13.2. The van der Waals surface area contributed by atoms with Crippen molar-refractivity contribution in [1.82, 2.24) is 9.55 Å². The molecule has 6 aromatic rings. The summed E-state index contributed by atoms with van der Waals surface area (Å²) in [6.07, 6.45) is 5.96. The van der Waals surface area contributed by atoms with E-state index in [1.54, 1.807) is 0 Å². The third-order valence-electron chi connectivity index (χ3n) is 8.91. The molecule has 3 nitrogen and oxygen atoms in total. The van der Waals surface area contributed by atoms with Crippen LogP contribution in [-0.4, -0.2) is 24.5 Å². The maximum atomic E-state index is 7.17. The Morgan fingerprint density at radius 2 is 0.978 bits per heavy atom. The molecule has 0 unspecified atom stereocenters. The van der Waals surface area contributed by atoms with Crippen LogP contribution in [0.1, 0.15) is 49.6 Å². The standard InChI is InChI=1S/C41H42N2OSi/c1-40(2,3)45(38-27-15-7-16-28-38,39-29-17-8-18-30-39)44-31-19-26-37-32-43(33-42-37)41(34-20-9-4-10-21-34,35-22-11-5-12-23-35)36-24-13-6-14-25-36/h4-18,20-25,27-30,32-33H,19,26,31H2,1-3H3. The zero-order valence-corrected chi connectivity index (χ0v) is 27.5. The van der Waals surface area contributed by atoms with Crippen molar-refractivity contribution in [2.75, 3.05) is 6.61 Å². The van der Waals surface area contributed by atoms with E-state index in [4.69, 9.17) is 9.41 Å². The lowest BCUT2D eigenvalue weighted by Crippen LogP contribution is -2.66. The van der Waals surface area contributed by atoms with Crippen LogP contribution in [0.25, 0.3) is 0 Å². The van der Waals surface area contributed by atoms with Crippen molar-refractivity contribution in [2.45, 2.75) is 44.2 Å². The first-order valence-corrected chi connectivity index (χ1v) is 17.8. The average Bonchev–Trinajstić information content (AvgIpc) is 3.56. The molecule has 0 saturated carbocycles. The van der Waals surface area contributed by atoms with Crippen molar-refractivity contribution >= 4 is 18.7 Å². The lowest BCUT2D eigenvalue weighted by molar-refractivity contribution is 0.291. The maximum absolute atomic E-state index is 7.17. The maximum Gasteiger partial charge on any atom is 0.261 e. The molecule has 6 rings (SSSR count). The number of imidazole rings is 1. The second-order valence-corrected chi connectivity index (χ2v) is 17.0. The van der Waals surface area contributed by atoms with E-state index >= 15 is 0 Å². The first-order valence-electron chi connectivity index (χ1n) is 15.9. The fourth-order valence-electron chi connectivity index (χ4n) is 6.90. The quantitative estimate of drug-likeness (QED) is 0.0844. The van der Waals surface area contributed by atoms with Crippen LogP contribution in [-0.2, 0) is 16.4 Å². The molecule has 0 N–H and O–H groups in total. The summed E-state index contributed by atoms with van der Waals surface area (Å²) in [4.78, 5) is 4.98. The molecule has 0 saturated heterocycles. The predicted octanol–water partition coefficient (Wildman–Crippen LogP) is 8.23. The first-order chi connectivity index (χ1) is 22.0. The average molecular weight is 607 g/mol. The molecule has 0 atom stereocenters. The van der Waals surface area contributed by atoms with Crippen molar-refractivity contribution in [3.05, 3.63) is 187 Å². The summed E-state index contributed by atoms with van der Waals surface area (Å²) in [6, 6.07) is 54.0. The smallest absolute Gasteiger partial charge is 0.261 e. The molecule has 1 heterocycles. The lowest BCUT2D eigenvalue weighted by atomic mass is 9.77. The number of rotatable bonds is 11. The van der Waals surface area contributed by atoms with E-state index in [1.807, 2.05) is 6.33 Å². The minimum absolute atomic E-state index is 0.0437. The van der Waals surface area contributed by atoms with Crippen molar-refractivity contribution in [3.63, 3.8) is 0 Å². The van der Waals surface area contributed by atoms with Gasteiger partial charge < -0.3 is 8.99 Å². The van der Waals surface area contributed by atoms with Crippen LogP contribution in [0.4, 0.5) is 0 Å². The molecule has 0 aliphatic heterocycles. The summed E-state index contributed by atoms with van der Waals surface area (Å²) in [7, 11) is -2.57. The summed E-state index contributed by atoms with van der Waals surface area (Å²) in [5.74, 6) is 0. The number of aryl methyl sites for hydroxylation is 1. The SMILES string of the molecule is CC(C)(C)[Si](OCCCc1cn(C(c2ccccc2)(c2ccccc2)c2ccccc2)cn1)(c1ccccc1)c1ccccc1. The van der Waals surface area contributed by atoms with Crippen LogP contribution in [0.2, 0.25) is 5.04 Å². The molecule has 0 bridgehead atoms. The van der Waals surface area contributed by atoms with Crippen LogP contribution in [0, 0.1) is 0 Å². The molecular formula is C41H42N2OSi. The molecule has 0 aliphatic carbocycles. The van der Waals surface area contributed by atoms with Gasteiger partial charge >= 0.3 is 0 Å². The number of hydrogen-bond donors (Lipinski definition) is 0. The van der Waals surface area contributed by atoms with Gasteiger partial charge in [-0.25, -0.2) is 4.98 Å². The molecule has 0 amide bonds. The summed E-state index contributed by atoms with van der Waals surface area (Å²) in [5.41, 5.74) is 4.10.